The van der Waals surface area contributed by atoms with Crippen molar-refractivity contribution < 1.29 is 9.53 Å². The lowest BCUT2D eigenvalue weighted by Gasteiger charge is -2.15. The van der Waals surface area contributed by atoms with Crippen LogP contribution in [0.15, 0.2) is 28.1 Å². The molecular formula is C13H14BrN3O2S. The number of ether oxygens (including phenoxy) is 1. The van der Waals surface area contributed by atoms with Gasteiger partial charge in [0.1, 0.15) is 11.4 Å². The molecule has 0 spiro atoms. The molecule has 0 fully saturated rings. The lowest BCUT2D eigenvalue weighted by Crippen LogP contribution is -2.26. The number of methoxy groups -OCH3 is 1. The number of hydrogen-bond acceptors (Lipinski definition) is 5. The number of nitrogens with two attached hydrogens (primary N) is 1. The van der Waals surface area contributed by atoms with Crippen LogP contribution in [0.1, 0.15) is 29.0 Å². The van der Waals surface area contributed by atoms with Gasteiger partial charge in [-0.25, -0.2) is 4.98 Å². The number of halogens is 1. The molecule has 0 aliphatic heterocycles. The molecule has 0 radical (unpaired) electrons. The van der Waals surface area contributed by atoms with Gasteiger partial charge >= 0.3 is 0 Å². The summed E-state index contributed by atoms with van der Waals surface area (Å²) in [7, 11) is 1.61. The van der Waals surface area contributed by atoms with Crippen molar-refractivity contribution in [1.82, 2.24) is 10.3 Å². The zero-order valence-electron chi connectivity index (χ0n) is 11.0. The van der Waals surface area contributed by atoms with Gasteiger partial charge in [-0.15, -0.1) is 11.3 Å². The van der Waals surface area contributed by atoms with Crippen LogP contribution in [0.25, 0.3) is 0 Å². The zero-order valence-corrected chi connectivity index (χ0v) is 13.4. The number of aromatic nitrogens is 1. The highest BCUT2D eigenvalue weighted by Gasteiger charge is 2.15. The molecule has 0 aliphatic rings. The van der Waals surface area contributed by atoms with Crippen LogP contribution in [0, 0.1) is 0 Å². The number of anilines is 1. The lowest BCUT2D eigenvalue weighted by molar-refractivity contribution is 0.0935. The Hall–Kier alpha value is -1.60. The van der Waals surface area contributed by atoms with Gasteiger partial charge in [0.15, 0.2) is 5.13 Å². The van der Waals surface area contributed by atoms with Gasteiger partial charge in [0.05, 0.1) is 17.6 Å². The van der Waals surface area contributed by atoms with Crippen LogP contribution in [0.3, 0.4) is 0 Å². The molecule has 7 heteroatoms. The molecule has 106 valence electrons. The van der Waals surface area contributed by atoms with Crippen LogP contribution in [-0.4, -0.2) is 18.0 Å². The number of hydrogen-bond donors (Lipinski definition) is 2. The minimum absolute atomic E-state index is 0.146. The standard InChI is InChI=1S/C13H14BrN3O2S/c1-7(8-3-4-11(19-2)9(14)5-8)16-12(18)10-6-20-13(15)17-10/h3-7H,1-2H3,(H2,15,17)(H,16,18). The van der Waals surface area contributed by atoms with Gasteiger partial charge in [-0.1, -0.05) is 6.07 Å². The molecule has 0 saturated carbocycles. The van der Waals surface area contributed by atoms with Crippen molar-refractivity contribution in [2.75, 3.05) is 12.8 Å². The molecular weight excluding hydrogens is 342 g/mol. The molecule has 1 heterocycles. The van der Waals surface area contributed by atoms with Crippen molar-refractivity contribution in [2.45, 2.75) is 13.0 Å². The van der Waals surface area contributed by atoms with Crippen molar-refractivity contribution in [1.29, 1.82) is 0 Å². The smallest absolute Gasteiger partial charge is 0.271 e. The molecule has 20 heavy (non-hydrogen) atoms. The van der Waals surface area contributed by atoms with E-state index in [2.05, 4.69) is 26.2 Å². The van der Waals surface area contributed by atoms with E-state index in [-0.39, 0.29) is 11.9 Å². The largest absolute Gasteiger partial charge is 0.496 e. The minimum atomic E-state index is -0.239. The summed E-state index contributed by atoms with van der Waals surface area (Å²) in [6.45, 7) is 1.90. The number of nitrogens with zero attached hydrogens (tertiary/aromatic N) is 1. The summed E-state index contributed by atoms with van der Waals surface area (Å²) in [5.41, 5.74) is 6.82. The average Bonchev–Trinajstić information content (AvgIpc) is 2.85. The van der Waals surface area contributed by atoms with Crippen LogP contribution in [-0.2, 0) is 0 Å². The molecule has 1 aromatic heterocycles. The van der Waals surface area contributed by atoms with Gasteiger partial charge in [0.2, 0.25) is 0 Å². The number of nitrogen functional groups attached to an aromatic ring is 1. The molecule has 1 aromatic carbocycles. The number of benzene rings is 1. The third-order valence-corrected chi connectivity index (χ3v) is 4.07. The van der Waals surface area contributed by atoms with Crippen LogP contribution in [0.5, 0.6) is 5.75 Å². The monoisotopic (exact) mass is 355 g/mol. The maximum Gasteiger partial charge on any atom is 0.271 e. The van der Waals surface area contributed by atoms with Crippen molar-refractivity contribution in [3.63, 3.8) is 0 Å². The lowest BCUT2D eigenvalue weighted by atomic mass is 10.1. The predicted octanol–water partition coefficient (Wildman–Crippen LogP) is 2.99. The zero-order chi connectivity index (χ0) is 14.7. The second kappa shape index (κ2) is 6.23. The Bertz CT molecular complexity index is 630. The first-order chi connectivity index (χ1) is 9.51. The van der Waals surface area contributed by atoms with Gasteiger partial charge < -0.3 is 15.8 Å². The Labute approximate surface area is 129 Å². The number of carbonyl (C=O) groups excluding carboxylic acids is 1. The maximum atomic E-state index is 12.0. The molecule has 5 nitrogen and oxygen atoms in total. The summed E-state index contributed by atoms with van der Waals surface area (Å²) >= 11 is 4.67. The van der Waals surface area contributed by atoms with Gasteiger partial charge in [-0.2, -0.15) is 0 Å². The second-order valence-corrected chi connectivity index (χ2v) is 5.90. The Morgan fingerprint density at radius 3 is 2.85 bits per heavy atom. The topological polar surface area (TPSA) is 77.2 Å². The van der Waals surface area contributed by atoms with Crippen LogP contribution in [0.4, 0.5) is 5.13 Å². The van der Waals surface area contributed by atoms with Gasteiger partial charge in [-0.3, -0.25) is 4.79 Å². The van der Waals surface area contributed by atoms with E-state index in [4.69, 9.17) is 10.5 Å². The predicted molar refractivity (Wildman–Crippen MR) is 83.1 cm³/mol. The minimum Gasteiger partial charge on any atom is -0.496 e. The molecule has 0 saturated heterocycles. The highest BCUT2D eigenvalue weighted by Crippen LogP contribution is 2.28. The molecule has 0 bridgehead atoms. The third kappa shape index (κ3) is 3.29. The SMILES string of the molecule is COc1ccc(C(C)NC(=O)c2csc(N)n2)cc1Br. The highest BCUT2D eigenvalue weighted by molar-refractivity contribution is 9.10. The highest BCUT2D eigenvalue weighted by atomic mass is 79.9. The first-order valence-electron chi connectivity index (χ1n) is 5.86. The fourth-order valence-electron chi connectivity index (χ4n) is 1.70. The summed E-state index contributed by atoms with van der Waals surface area (Å²) in [5, 5.41) is 4.90. The van der Waals surface area contributed by atoms with E-state index < -0.39 is 0 Å². The number of thiazole rings is 1. The quantitative estimate of drug-likeness (QED) is 0.883. The third-order valence-electron chi connectivity index (χ3n) is 2.78. The average molecular weight is 356 g/mol. The molecule has 3 N–H and O–H groups in total. The van der Waals surface area contributed by atoms with E-state index in [1.807, 2.05) is 25.1 Å². The summed E-state index contributed by atoms with van der Waals surface area (Å²) in [6, 6.07) is 5.53. The summed E-state index contributed by atoms with van der Waals surface area (Å²) < 4.78 is 6.02. The maximum absolute atomic E-state index is 12.0. The molecule has 0 aliphatic carbocycles. The Kier molecular flexibility index (Phi) is 4.61. The number of carbonyl (C=O) groups is 1. The van der Waals surface area contributed by atoms with Gasteiger partial charge in [0.25, 0.3) is 5.91 Å². The summed E-state index contributed by atoms with van der Waals surface area (Å²) in [5.74, 6) is 0.511. The molecule has 1 unspecified atom stereocenters. The summed E-state index contributed by atoms with van der Waals surface area (Å²) in [4.78, 5) is 15.9. The summed E-state index contributed by atoms with van der Waals surface area (Å²) in [6.07, 6.45) is 0. The van der Waals surface area contributed by atoms with Crippen molar-refractivity contribution >= 4 is 38.3 Å². The number of nitrogens with one attached hydrogen (secondary N) is 1. The molecule has 2 rings (SSSR count). The van der Waals surface area contributed by atoms with Crippen molar-refractivity contribution in [3.05, 3.63) is 39.3 Å². The molecule has 1 amide bonds. The van der Waals surface area contributed by atoms with E-state index in [1.165, 1.54) is 11.3 Å². The fourth-order valence-corrected chi connectivity index (χ4v) is 2.80. The van der Waals surface area contributed by atoms with Gasteiger partial charge in [0, 0.05) is 5.38 Å². The second-order valence-electron chi connectivity index (χ2n) is 4.16. The van der Waals surface area contributed by atoms with Crippen LogP contribution in [0.2, 0.25) is 0 Å². The Morgan fingerprint density at radius 2 is 2.30 bits per heavy atom. The van der Waals surface area contributed by atoms with Crippen LogP contribution < -0.4 is 15.8 Å². The number of amides is 1. The van der Waals surface area contributed by atoms with Gasteiger partial charge in [-0.05, 0) is 40.5 Å². The first kappa shape index (κ1) is 14.8. The normalized spacial score (nSPS) is 11.9. The number of rotatable bonds is 4. The first-order valence-corrected chi connectivity index (χ1v) is 7.54. The van der Waals surface area contributed by atoms with Crippen molar-refractivity contribution in [3.8, 4) is 5.75 Å². The van der Waals surface area contributed by atoms with Crippen LogP contribution >= 0.6 is 27.3 Å². The molecule has 2 aromatic rings. The van der Waals surface area contributed by atoms with E-state index in [0.29, 0.717) is 10.8 Å². The Balaban J connectivity index is 2.10. The molecule has 1 atom stereocenters. The Morgan fingerprint density at radius 1 is 1.55 bits per heavy atom. The van der Waals surface area contributed by atoms with E-state index in [0.717, 1.165) is 15.8 Å². The van der Waals surface area contributed by atoms with E-state index in [1.54, 1.807) is 12.5 Å². The van der Waals surface area contributed by atoms with E-state index >= 15 is 0 Å². The van der Waals surface area contributed by atoms with Crippen molar-refractivity contribution in [2.24, 2.45) is 0 Å². The fraction of sp³-hybridized carbons (Fsp3) is 0.231. The van der Waals surface area contributed by atoms with E-state index in [9.17, 15) is 4.79 Å².